The zero-order valence-corrected chi connectivity index (χ0v) is 9.49. The summed E-state index contributed by atoms with van der Waals surface area (Å²) in [5, 5.41) is 12.1. The van der Waals surface area contributed by atoms with Crippen molar-refractivity contribution < 1.29 is 5.11 Å². The summed E-state index contributed by atoms with van der Waals surface area (Å²) in [6.45, 7) is 2.17. The van der Waals surface area contributed by atoms with E-state index < -0.39 is 7.92 Å². The Morgan fingerprint density at radius 2 is 1.47 bits per heavy atom. The summed E-state index contributed by atoms with van der Waals surface area (Å²) < 4.78 is 0. The highest BCUT2D eigenvalue weighted by Crippen LogP contribution is 2.31. The van der Waals surface area contributed by atoms with Crippen LogP contribution in [-0.4, -0.2) is 11.8 Å². The van der Waals surface area contributed by atoms with Crippen LogP contribution in [-0.2, 0) is 0 Å². The van der Waals surface area contributed by atoms with Crippen molar-refractivity contribution in [2.45, 2.75) is 0 Å². The monoisotopic (exact) mass is 216 g/mol. The van der Waals surface area contributed by atoms with Gasteiger partial charge in [0.1, 0.15) is 5.75 Å². The maximum absolute atomic E-state index is 9.76. The predicted octanol–water partition coefficient (Wildman–Crippen LogP) is 2.45. The molecule has 2 heteroatoms. The van der Waals surface area contributed by atoms with Gasteiger partial charge in [-0.25, -0.2) is 0 Å². The first-order valence-corrected chi connectivity index (χ1v) is 6.64. The molecule has 0 saturated heterocycles. The normalized spacial score (nSPS) is 12.3. The third-order valence-electron chi connectivity index (χ3n) is 2.39. The van der Waals surface area contributed by atoms with Crippen molar-refractivity contribution in [2.24, 2.45) is 0 Å². The van der Waals surface area contributed by atoms with Gasteiger partial charge in [0.05, 0.1) is 0 Å². The lowest BCUT2D eigenvalue weighted by Gasteiger charge is -2.13. The Labute approximate surface area is 91.1 Å². The van der Waals surface area contributed by atoms with E-state index in [1.807, 2.05) is 36.4 Å². The number of benzene rings is 2. The summed E-state index contributed by atoms with van der Waals surface area (Å²) in [6.07, 6.45) is 0. The first-order chi connectivity index (χ1) is 7.29. The van der Waals surface area contributed by atoms with Gasteiger partial charge < -0.3 is 5.11 Å². The van der Waals surface area contributed by atoms with Gasteiger partial charge in [0, 0.05) is 5.30 Å². The smallest absolute Gasteiger partial charge is 0.123 e. The lowest BCUT2D eigenvalue weighted by molar-refractivity contribution is 0.480. The average molecular weight is 216 g/mol. The standard InChI is InChI=1S/C13H13OP/c1-15(11-7-3-2-4-8-11)13-10-6-5-9-12(13)14/h2-10,14H,1H3. The number of rotatable bonds is 2. The third-order valence-corrected chi connectivity index (χ3v) is 4.56. The Morgan fingerprint density at radius 1 is 0.867 bits per heavy atom. The van der Waals surface area contributed by atoms with E-state index >= 15 is 0 Å². The number of phenolic OH excluding ortho intramolecular Hbond substituents is 1. The summed E-state index contributed by atoms with van der Waals surface area (Å²) in [6, 6.07) is 17.9. The highest BCUT2D eigenvalue weighted by atomic mass is 31.1. The summed E-state index contributed by atoms with van der Waals surface area (Å²) in [5.74, 6) is 0.398. The van der Waals surface area contributed by atoms with E-state index in [4.69, 9.17) is 0 Å². The van der Waals surface area contributed by atoms with Crippen LogP contribution in [0.15, 0.2) is 54.6 Å². The van der Waals surface area contributed by atoms with E-state index in [-0.39, 0.29) is 0 Å². The van der Waals surface area contributed by atoms with Crippen LogP contribution in [0.5, 0.6) is 5.75 Å². The zero-order valence-electron chi connectivity index (χ0n) is 8.59. The highest BCUT2D eigenvalue weighted by Gasteiger charge is 2.10. The van der Waals surface area contributed by atoms with Gasteiger partial charge in [-0.15, -0.1) is 0 Å². The summed E-state index contributed by atoms with van der Waals surface area (Å²) in [4.78, 5) is 0. The highest BCUT2D eigenvalue weighted by molar-refractivity contribution is 7.72. The average Bonchev–Trinajstić information content (AvgIpc) is 2.30. The number of aromatic hydroxyl groups is 1. The molecule has 2 aromatic carbocycles. The molecule has 1 atom stereocenters. The Hall–Kier alpha value is -1.33. The number of hydrogen-bond acceptors (Lipinski definition) is 1. The molecule has 0 bridgehead atoms. The minimum absolute atomic E-state index is 0.398. The van der Waals surface area contributed by atoms with Crippen LogP contribution in [0.25, 0.3) is 0 Å². The molecule has 0 aliphatic heterocycles. The molecule has 1 N–H and O–H groups in total. The minimum Gasteiger partial charge on any atom is -0.507 e. The second-order valence-corrected chi connectivity index (χ2v) is 5.50. The molecule has 0 aliphatic carbocycles. The lowest BCUT2D eigenvalue weighted by atomic mass is 10.3. The van der Waals surface area contributed by atoms with E-state index in [1.165, 1.54) is 5.30 Å². The number of para-hydroxylation sites is 1. The van der Waals surface area contributed by atoms with Crippen molar-refractivity contribution in [3.63, 3.8) is 0 Å². The fourth-order valence-corrected chi connectivity index (χ4v) is 3.16. The van der Waals surface area contributed by atoms with Crippen LogP contribution in [0.1, 0.15) is 0 Å². The van der Waals surface area contributed by atoms with Crippen molar-refractivity contribution in [1.82, 2.24) is 0 Å². The predicted molar refractivity (Wildman–Crippen MR) is 66.7 cm³/mol. The van der Waals surface area contributed by atoms with Crippen LogP contribution in [0.4, 0.5) is 0 Å². The molecule has 0 fully saturated rings. The van der Waals surface area contributed by atoms with Gasteiger partial charge in [-0.2, -0.15) is 0 Å². The molecule has 0 spiro atoms. The minimum atomic E-state index is -0.442. The van der Waals surface area contributed by atoms with Crippen LogP contribution < -0.4 is 10.6 Å². The van der Waals surface area contributed by atoms with E-state index in [9.17, 15) is 5.11 Å². The van der Waals surface area contributed by atoms with Gasteiger partial charge >= 0.3 is 0 Å². The molecular formula is C13H13OP. The largest absolute Gasteiger partial charge is 0.507 e. The number of phenols is 1. The second-order valence-electron chi connectivity index (χ2n) is 3.38. The molecule has 0 radical (unpaired) electrons. The lowest BCUT2D eigenvalue weighted by Crippen LogP contribution is -2.10. The van der Waals surface area contributed by atoms with Crippen molar-refractivity contribution >= 4 is 18.5 Å². The summed E-state index contributed by atoms with van der Waals surface area (Å²) in [5.41, 5.74) is 0. The molecule has 0 aliphatic rings. The molecule has 15 heavy (non-hydrogen) atoms. The van der Waals surface area contributed by atoms with E-state index in [0.29, 0.717) is 5.75 Å². The second kappa shape index (κ2) is 4.46. The Bertz CT molecular complexity index is 439. The Balaban J connectivity index is 2.37. The van der Waals surface area contributed by atoms with Gasteiger partial charge in [0.25, 0.3) is 0 Å². The third kappa shape index (κ3) is 2.19. The van der Waals surface area contributed by atoms with E-state index in [1.54, 1.807) is 6.07 Å². The summed E-state index contributed by atoms with van der Waals surface area (Å²) in [7, 11) is -0.442. The van der Waals surface area contributed by atoms with Crippen LogP contribution in [0.2, 0.25) is 0 Å². The molecular weight excluding hydrogens is 203 g/mol. The fourth-order valence-electron chi connectivity index (χ4n) is 1.54. The number of hydrogen-bond donors (Lipinski definition) is 1. The zero-order chi connectivity index (χ0) is 10.7. The first-order valence-electron chi connectivity index (χ1n) is 4.86. The van der Waals surface area contributed by atoms with Crippen molar-refractivity contribution in [1.29, 1.82) is 0 Å². The van der Waals surface area contributed by atoms with Crippen molar-refractivity contribution in [2.75, 3.05) is 6.66 Å². The molecule has 2 aromatic rings. The molecule has 1 unspecified atom stereocenters. The quantitative estimate of drug-likeness (QED) is 0.764. The topological polar surface area (TPSA) is 20.2 Å². The van der Waals surface area contributed by atoms with E-state index in [2.05, 4.69) is 18.8 Å². The maximum Gasteiger partial charge on any atom is 0.123 e. The molecule has 2 rings (SSSR count). The fraction of sp³-hybridized carbons (Fsp3) is 0.0769. The van der Waals surface area contributed by atoms with E-state index in [0.717, 1.165) is 5.30 Å². The SMILES string of the molecule is CP(c1ccccc1)c1ccccc1O. The first kappa shape index (κ1) is 10.2. The van der Waals surface area contributed by atoms with Crippen molar-refractivity contribution in [3.05, 3.63) is 54.6 Å². The molecule has 0 amide bonds. The molecule has 76 valence electrons. The van der Waals surface area contributed by atoms with Gasteiger partial charge in [-0.05, 0) is 26.0 Å². The summed E-state index contributed by atoms with van der Waals surface area (Å²) >= 11 is 0. The molecule has 0 aromatic heterocycles. The van der Waals surface area contributed by atoms with Crippen LogP contribution in [0.3, 0.4) is 0 Å². The van der Waals surface area contributed by atoms with Crippen LogP contribution in [0, 0.1) is 0 Å². The van der Waals surface area contributed by atoms with Gasteiger partial charge in [-0.3, -0.25) is 0 Å². The molecule has 0 saturated carbocycles. The molecule has 1 nitrogen and oxygen atoms in total. The maximum atomic E-state index is 9.76. The Morgan fingerprint density at radius 3 is 2.13 bits per heavy atom. The van der Waals surface area contributed by atoms with Gasteiger partial charge in [0.2, 0.25) is 0 Å². The van der Waals surface area contributed by atoms with Crippen LogP contribution >= 0.6 is 7.92 Å². The van der Waals surface area contributed by atoms with Crippen molar-refractivity contribution in [3.8, 4) is 5.75 Å². The Kier molecular flexibility index (Phi) is 3.03. The van der Waals surface area contributed by atoms with Gasteiger partial charge in [0.15, 0.2) is 0 Å². The van der Waals surface area contributed by atoms with Gasteiger partial charge in [-0.1, -0.05) is 48.5 Å². The molecule has 0 heterocycles.